The Labute approximate surface area is 162 Å². The van der Waals surface area contributed by atoms with Gasteiger partial charge < -0.3 is 15.0 Å². The molecule has 1 amide bonds. The number of amides is 1. The number of hydrogen-bond acceptors (Lipinski definition) is 3. The lowest BCUT2D eigenvalue weighted by atomic mass is 9.84. The first-order valence-corrected chi connectivity index (χ1v) is 9.44. The van der Waals surface area contributed by atoms with E-state index in [1.165, 1.54) is 6.07 Å². The molecule has 28 heavy (non-hydrogen) atoms. The van der Waals surface area contributed by atoms with Gasteiger partial charge in [-0.15, -0.1) is 0 Å². The van der Waals surface area contributed by atoms with Gasteiger partial charge in [-0.3, -0.25) is 4.79 Å². The quantitative estimate of drug-likeness (QED) is 0.885. The van der Waals surface area contributed by atoms with E-state index in [0.29, 0.717) is 38.4 Å². The van der Waals surface area contributed by atoms with Crippen molar-refractivity contribution in [1.82, 2.24) is 10.2 Å². The number of halogens is 2. The summed E-state index contributed by atoms with van der Waals surface area (Å²) in [6.45, 7) is 2.49. The van der Waals surface area contributed by atoms with E-state index < -0.39 is 17.7 Å². The minimum Gasteiger partial charge on any atom is -0.378 e. The van der Waals surface area contributed by atoms with E-state index >= 15 is 0 Å². The zero-order valence-corrected chi connectivity index (χ0v) is 15.4. The van der Waals surface area contributed by atoms with Crippen molar-refractivity contribution in [2.24, 2.45) is 0 Å². The standard InChI is InChI=1S/C22H22F2N2O2/c23-17-6-7-20(24)18(13-17)16-12-19(15-4-2-1-3-5-15)21(25-14-16)22(27)26-8-10-28-11-9-26/h1-7,12-13,19,21,25H,8-11,14H2. The molecule has 0 aromatic heterocycles. The molecule has 0 aliphatic carbocycles. The SMILES string of the molecule is O=C(C1NCC(c2cc(F)ccc2F)=CC1c1ccccc1)N1CCOCC1. The Balaban J connectivity index is 1.70. The minimum absolute atomic E-state index is 0.00664. The average molecular weight is 384 g/mol. The third kappa shape index (κ3) is 3.84. The number of benzene rings is 2. The molecule has 4 rings (SSSR count). The third-order valence-electron chi connectivity index (χ3n) is 5.30. The number of carbonyl (C=O) groups excluding carboxylic acids is 1. The lowest BCUT2D eigenvalue weighted by molar-refractivity contribution is -0.137. The van der Waals surface area contributed by atoms with E-state index in [9.17, 15) is 13.6 Å². The largest absolute Gasteiger partial charge is 0.378 e. The smallest absolute Gasteiger partial charge is 0.240 e. The van der Waals surface area contributed by atoms with Crippen LogP contribution in [-0.2, 0) is 9.53 Å². The summed E-state index contributed by atoms with van der Waals surface area (Å²) in [4.78, 5) is 14.9. The van der Waals surface area contributed by atoms with E-state index in [-0.39, 0.29) is 17.4 Å². The predicted molar refractivity (Wildman–Crippen MR) is 103 cm³/mol. The number of morpholine rings is 1. The zero-order chi connectivity index (χ0) is 19.5. The van der Waals surface area contributed by atoms with Crippen molar-refractivity contribution in [2.75, 3.05) is 32.8 Å². The Kier molecular flexibility index (Phi) is 5.50. The van der Waals surface area contributed by atoms with Crippen LogP contribution in [0.1, 0.15) is 17.0 Å². The Morgan fingerprint density at radius 2 is 1.82 bits per heavy atom. The monoisotopic (exact) mass is 384 g/mol. The molecule has 2 atom stereocenters. The van der Waals surface area contributed by atoms with E-state index in [4.69, 9.17) is 4.74 Å². The highest BCUT2D eigenvalue weighted by Crippen LogP contribution is 2.32. The average Bonchev–Trinajstić information content (AvgIpc) is 2.76. The van der Waals surface area contributed by atoms with Gasteiger partial charge in [0.25, 0.3) is 0 Å². The summed E-state index contributed by atoms with van der Waals surface area (Å²) in [5.74, 6) is -1.23. The van der Waals surface area contributed by atoms with Gasteiger partial charge in [-0.05, 0) is 29.3 Å². The van der Waals surface area contributed by atoms with E-state index in [1.54, 1.807) is 4.90 Å². The number of ether oxygens (including phenoxy) is 1. The van der Waals surface area contributed by atoms with Crippen LogP contribution in [0, 0.1) is 11.6 Å². The Morgan fingerprint density at radius 3 is 2.57 bits per heavy atom. The molecule has 146 valence electrons. The number of hydrogen-bond donors (Lipinski definition) is 1. The lowest BCUT2D eigenvalue weighted by Crippen LogP contribution is -2.54. The second-order valence-corrected chi connectivity index (χ2v) is 7.05. The second kappa shape index (κ2) is 8.20. The van der Waals surface area contributed by atoms with Crippen molar-refractivity contribution in [3.05, 3.63) is 77.4 Å². The molecule has 1 N–H and O–H groups in total. The van der Waals surface area contributed by atoms with Crippen LogP contribution in [0.3, 0.4) is 0 Å². The molecule has 2 aromatic rings. The molecule has 0 bridgehead atoms. The molecule has 0 saturated carbocycles. The number of nitrogens with zero attached hydrogens (tertiary/aromatic N) is 1. The molecule has 2 aliphatic rings. The van der Waals surface area contributed by atoms with Crippen LogP contribution in [0.25, 0.3) is 5.57 Å². The van der Waals surface area contributed by atoms with Gasteiger partial charge in [0.2, 0.25) is 5.91 Å². The molecule has 1 saturated heterocycles. The normalized spacial score (nSPS) is 22.6. The number of carbonyl (C=O) groups is 1. The highest BCUT2D eigenvalue weighted by atomic mass is 19.1. The highest BCUT2D eigenvalue weighted by Gasteiger charge is 2.35. The molecule has 2 aliphatic heterocycles. The maximum atomic E-state index is 14.3. The highest BCUT2D eigenvalue weighted by molar-refractivity contribution is 5.86. The van der Waals surface area contributed by atoms with Crippen LogP contribution < -0.4 is 5.32 Å². The minimum atomic E-state index is -0.486. The van der Waals surface area contributed by atoms with Crippen LogP contribution in [0.5, 0.6) is 0 Å². The van der Waals surface area contributed by atoms with Crippen LogP contribution in [-0.4, -0.2) is 49.7 Å². The fraction of sp³-hybridized carbons (Fsp3) is 0.318. The lowest BCUT2D eigenvalue weighted by Gasteiger charge is -2.36. The predicted octanol–water partition coefficient (Wildman–Crippen LogP) is 2.96. The van der Waals surface area contributed by atoms with Gasteiger partial charge in [0, 0.05) is 31.1 Å². The van der Waals surface area contributed by atoms with Gasteiger partial charge in [-0.25, -0.2) is 8.78 Å². The fourth-order valence-corrected chi connectivity index (χ4v) is 3.83. The molecule has 2 heterocycles. The summed E-state index contributed by atoms with van der Waals surface area (Å²) in [6.07, 6.45) is 1.90. The first kappa shape index (κ1) is 18.8. The van der Waals surface area contributed by atoms with Gasteiger partial charge in [0.05, 0.1) is 19.3 Å². The van der Waals surface area contributed by atoms with Crippen molar-refractivity contribution in [3.63, 3.8) is 0 Å². The molecule has 1 fully saturated rings. The van der Waals surface area contributed by atoms with Crippen LogP contribution in [0.15, 0.2) is 54.6 Å². The summed E-state index contributed by atoms with van der Waals surface area (Å²) in [5, 5.41) is 3.27. The molecule has 0 radical (unpaired) electrons. The summed E-state index contributed by atoms with van der Waals surface area (Å²) in [6, 6.07) is 12.6. The molecular formula is C22H22F2N2O2. The first-order chi connectivity index (χ1) is 13.6. The molecular weight excluding hydrogens is 362 g/mol. The van der Waals surface area contributed by atoms with E-state index in [0.717, 1.165) is 17.7 Å². The maximum Gasteiger partial charge on any atom is 0.240 e. The van der Waals surface area contributed by atoms with Crippen LogP contribution in [0.2, 0.25) is 0 Å². The zero-order valence-electron chi connectivity index (χ0n) is 15.4. The summed E-state index contributed by atoms with van der Waals surface area (Å²) < 4.78 is 33.3. The maximum absolute atomic E-state index is 14.3. The van der Waals surface area contributed by atoms with E-state index in [1.807, 2.05) is 36.4 Å². The van der Waals surface area contributed by atoms with Gasteiger partial charge in [-0.2, -0.15) is 0 Å². The van der Waals surface area contributed by atoms with Crippen molar-refractivity contribution >= 4 is 11.5 Å². The number of rotatable bonds is 3. The van der Waals surface area contributed by atoms with Crippen LogP contribution >= 0.6 is 0 Å². The third-order valence-corrected chi connectivity index (χ3v) is 5.30. The Hall–Kier alpha value is -2.57. The van der Waals surface area contributed by atoms with Crippen molar-refractivity contribution in [1.29, 1.82) is 0 Å². The molecule has 0 spiro atoms. The summed E-state index contributed by atoms with van der Waals surface area (Å²) in [7, 11) is 0. The van der Waals surface area contributed by atoms with Gasteiger partial charge in [0.1, 0.15) is 11.6 Å². The topological polar surface area (TPSA) is 41.6 Å². The Bertz CT molecular complexity index is 879. The molecule has 2 aromatic carbocycles. The Morgan fingerprint density at radius 1 is 1.07 bits per heavy atom. The van der Waals surface area contributed by atoms with Gasteiger partial charge in [0.15, 0.2) is 0 Å². The van der Waals surface area contributed by atoms with Crippen LogP contribution in [0.4, 0.5) is 8.78 Å². The summed E-state index contributed by atoms with van der Waals surface area (Å²) >= 11 is 0. The van der Waals surface area contributed by atoms with Gasteiger partial charge >= 0.3 is 0 Å². The first-order valence-electron chi connectivity index (χ1n) is 9.44. The summed E-state index contributed by atoms with van der Waals surface area (Å²) in [5.41, 5.74) is 1.83. The van der Waals surface area contributed by atoms with E-state index in [2.05, 4.69) is 5.32 Å². The molecule has 4 nitrogen and oxygen atoms in total. The fourth-order valence-electron chi connectivity index (χ4n) is 3.83. The van der Waals surface area contributed by atoms with Gasteiger partial charge in [-0.1, -0.05) is 36.4 Å². The van der Waals surface area contributed by atoms with Crippen molar-refractivity contribution in [2.45, 2.75) is 12.0 Å². The molecule has 2 unspecified atom stereocenters. The van der Waals surface area contributed by atoms with Crippen molar-refractivity contribution < 1.29 is 18.3 Å². The number of nitrogens with one attached hydrogen (secondary N) is 1. The second-order valence-electron chi connectivity index (χ2n) is 7.05. The van der Waals surface area contributed by atoms with Crippen molar-refractivity contribution in [3.8, 4) is 0 Å². The molecule has 6 heteroatoms.